The van der Waals surface area contributed by atoms with E-state index in [1.807, 2.05) is 0 Å². The lowest BCUT2D eigenvalue weighted by atomic mass is 9.77. The molecule has 5 heteroatoms. The quantitative estimate of drug-likeness (QED) is 0.635. The van der Waals surface area contributed by atoms with Gasteiger partial charge in [0.05, 0.1) is 0 Å². The highest BCUT2D eigenvalue weighted by Crippen LogP contribution is 2.42. The predicted octanol–water partition coefficient (Wildman–Crippen LogP) is 1.58. The van der Waals surface area contributed by atoms with E-state index in [1.165, 1.54) is 0 Å². The largest absolute Gasteiger partial charge is 0.417 e. The Balaban J connectivity index is 2.15. The van der Waals surface area contributed by atoms with Gasteiger partial charge in [-0.15, -0.1) is 0 Å². The maximum Gasteiger partial charge on any atom is 0.417 e. The molecule has 2 rings (SSSR count). The number of fused-ring (bicyclic) bond motifs is 2. The van der Waals surface area contributed by atoms with Crippen LogP contribution in [-0.4, -0.2) is 29.0 Å². The van der Waals surface area contributed by atoms with Crippen molar-refractivity contribution < 1.29 is 18.3 Å². The van der Waals surface area contributed by atoms with Gasteiger partial charge in [0.2, 0.25) is 0 Å². The molecule has 0 amide bonds. The summed E-state index contributed by atoms with van der Waals surface area (Å²) >= 11 is 0. The molecule has 82 valence electrons. The van der Waals surface area contributed by atoms with Gasteiger partial charge >= 0.3 is 6.18 Å². The van der Waals surface area contributed by atoms with Crippen molar-refractivity contribution in [3.8, 4) is 0 Å². The molecular weight excluding hydrogens is 195 g/mol. The van der Waals surface area contributed by atoms with Crippen LogP contribution < -0.4 is 5.32 Å². The van der Waals surface area contributed by atoms with Crippen LogP contribution in [0.2, 0.25) is 0 Å². The summed E-state index contributed by atoms with van der Waals surface area (Å²) in [7, 11) is 0. The fourth-order valence-corrected chi connectivity index (χ4v) is 2.56. The highest BCUT2D eigenvalue weighted by molar-refractivity contribution is 5.01. The van der Waals surface area contributed by atoms with Gasteiger partial charge in [0.15, 0.2) is 5.60 Å². The molecule has 2 saturated heterocycles. The second kappa shape index (κ2) is 3.10. The van der Waals surface area contributed by atoms with Crippen molar-refractivity contribution in [2.45, 2.75) is 56.0 Å². The minimum Gasteiger partial charge on any atom is -0.380 e. The molecule has 2 atom stereocenters. The van der Waals surface area contributed by atoms with Crippen LogP contribution in [-0.2, 0) is 0 Å². The molecule has 2 aliphatic rings. The summed E-state index contributed by atoms with van der Waals surface area (Å²) in [6.07, 6.45) is -2.40. The smallest absolute Gasteiger partial charge is 0.380 e. The van der Waals surface area contributed by atoms with Crippen molar-refractivity contribution in [1.82, 2.24) is 5.32 Å². The van der Waals surface area contributed by atoms with Crippen molar-refractivity contribution in [3.63, 3.8) is 0 Å². The van der Waals surface area contributed by atoms with Crippen molar-refractivity contribution in [1.29, 1.82) is 0 Å². The van der Waals surface area contributed by atoms with Gasteiger partial charge < -0.3 is 10.4 Å². The highest BCUT2D eigenvalue weighted by Gasteiger charge is 2.57. The average molecular weight is 209 g/mol. The number of alkyl halides is 3. The molecule has 2 fully saturated rings. The van der Waals surface area contributed by atoms with Crippen LogP contribution in [0.3, 0.4) is 0 Å². The molecule has 2 bridgehead atoms. The molecule has 14 heavy (non-hydrogen) atoms. The Bertz CT molecular complexity index is 217. The number of rotatable bonds is 0. The van der Waals surface area contributed by atoms with Gasteiger partial charge in [0.25, 0.3) is 0 Å². The highest BCUT2D eigenvalue weighted by atomic mass is 19.4. The van der Waals surface area contributed by atoms with E-state index in [0.717, 1.165) is 19.3 Å². The summed E-state index contributed by atoms with van der Waals surface area (Å²) in [6.45, 7) is 0. The predicted molar refractivity (Wildman–Crippen MR) is 44.8 cm³/mol. The molecule has 0 unspecified atom stereocenters. The second-order valence-electron chi connectivity index (χ2n) is 4.43. The van der Waals surface area contributed by atoms with E-state index in [4.69, 9.17) is 0 Å². The van der Waals surface area contributed by atoms with Crippen LogP contribution in [0, 0.1) is 0 Å². The normalized spacial score (nSPS) is 43.7. The van der Waals surface area contributed by atoms with E-state index in [2.05, 4.69) is 5.32 Å². The van der Waals surface area contributed by atoms with E-state index in [0.29, 0.717) is 0 Å². The number of aliphatic hydroxyl groups is 1. The lowest BCUT2D eigenvalue weighted by Gasteiger charge is -2.45. The minimum atomic E-state index is -4.48. The average Bonchev–Trinajstić information content (AvgIpc) is 2.00. The summed E-state index contributed by atoms with van der Waals surface area (Å²) in [6, 6.07) is -0.316. The monoisotopic (exact) mass is 209 g/mol. The fourth-order valence-electron chi connectivity index (χ4n) is 2.56. The van der Waals surface area contributed by atoms with Gasteiger partial charge in [-0.3, -0.25) is 0 Å². The Hall–Kier alpha value is -0.290. The molecule has 0 spiro atoms. The van der Waals surface area contributed by atoms with E-state index < -0.39 is 11.8 Å². The van der Waals surface area contributed by atoms with Gasteiger partial charge in [-0.1, -0.05) is 6.42 Å². The molecule has 0 radical (unpaired) electrons. The Kier molecular flexibility index (Phi) is 2.27. The van der Waals surface area contributed by atoms with E-state index in [9.17, 15) is 18.3 Å². The van der Waals surface area contributed by atoms with Crippen molar-refractivity contribution in [3.05, 3.63) is 0 Å². The summed E-state index contributed by atoms with van der Waals surface area (Å²) in [4.78, 5) is 0. The van der Waals surface area contributed by atoms with Crippen LogP contribution in [0.1, 0.15) is 32.1 Å². The zero-order valence-corrected chi connectivity index (χ0v) is 7.77. The molecule has 2 N–H and O–H groups in total. The third-order valence-electron chi connectivity index (χ3n) is 3.27. The molecule has 0 aromatic rings. The molecule has 2 heterocycles. The maximum atomic E-state index is 12.6. The van der Waals surface area contributed by atoms with Crippen LogP contribution in [0.4, 0.5) is 13.2 Å². The first-order valence-electron chi connectivity index (χ1n) is 4.96. The molecule has 0 aromatic carbocycles. The SMILES string of the molecule is OC1(C(F)(F)F)C[C@@H]2CCC[C@@H](C1)N2. The standard InChI is InChI=1S/C9H14F3NO/c10-9(11,12)8(14)4-6-2-1-3-7(5-8)13-6/h6-7,13-14H,1-5H2/t6-,7-/m0/s1. The fraction of sp³-hybridized carbons (Fsp3) is 1.00. The topological polar surface area (TPSA) is 32.3 Å². The second-order valence-corrected chi connectivity index (χ2v) is 4.43. The number of hydrogen-bond acceptors (Lipinski definition) is 2. The Morgan fingerprint density at radius 1 is 1.14 bits per heavy atom. The van der Waals surface area contributed by atoms with Gasteiger partial charge in [-0.05, 0) is 12.8 Å². The first-order valence-corrected chi connectivity index (χ1v) is 4.96. The van der Waals surface area contributed by atoms with Crippen molar-refractivity contribution >= 4 is 0 Å². The molecule has 0 saturated carbocycles. The minimum absolute atomic E-state index is 0.158. The number of halogens is 3. The zero-order chi connectivity index (χ0) is 10.4. The number of piperidine rings is 2. The zero-order valence-electron chi connectivity index (χ0n) is 7.77. The molecule has 2 aliphatic heterocycles. The summed E-state index contributed by atoms with van der Waals surface area (Å²) in [5, 5.41) is 12.7. The number of nitrogens with one attached hydrogen (secondary N) is 1. The summed E-state index contributed by atoms with van der Waals surface area (Å²) < 4.78 is 37.7. The van der Waals surface area contributed by atoms with Crippen LogP contribution in [0.25, 0.3) is 0 Å². The lowest BCUT2D eigenvalue weighted by molar-refractivity contribution is -0.276. The molecular formula is C9H14F3NO. The lowest BCUT2D eigenvalue weighted by Crippen LogP contribution is -2.61. The van der Waals surface area contributed by atoms with Crippen molar-refractivity contribution in [2.24, 2.45) is 0 Å². The van der Waals surface area contributed by atoms with Crippen LogP contribution in [0.5, 0.6) is 0 Å². The molecule has 0 aromatic heterocycles. The third-order valence-corrected chi connectivity index (χ3v) is 3.27. The van der Waals surface area contributed by atoms with Gasteiger partial charge in [0.1, 0.15) is 0 Å². The summed E-state index contributed by atoms with van der Waals surface area (Å²) in [5.74, 6) is 0. The van der Waals surface area contributed by atoms with Crippen LogP contribution in [0.15, 0.2) is 0 Å². The van der Waals surface area contributed by atoms with Gasteiger partial charge in [-0.2, -0.15) is 13.2 Å². The Labute approximate surface area is 80.5 Å². The summed E-state index contributed by atoms with van der Waals surface area (Å²) in [5.41, 5.74) is -2.45. The first kappa shape index (κ1) is 10.2. The van der Waals surface area contributed by atoms with E-state index >= 15 is 0 Å². The number of hydrogen-bond donors (Lipinski definition) is 2. The van der Waals surface area contributed by atoms with E-state index in [-0.39, 0.29) is 24.9 Å². The Morgan fingerprint density at radius 2 is 1.64 bits per heavy atom. The van der Waals surface area contributed by atoms with Crippen molar-refractivity contribution in [2.75, 3.05) is 0 Å². The van der Waals surface area contributed by atoms with Crippen LogP contribution >= 0.6 is 0 Å². The Morgan fingerprint density at radius 3 is 2.07 bits per heavy atom. The maximum absolute atomic E-state index is 12.6. The van der Waals surface area contributed by atoms with Gasteiger partial charge in [0, 0.05) is 24.9 Å². The molecule has 0 aliphatic carbocycles. The molecule has 2 nitrogen and oxygen atoms in total. The first-order chi connectivity index (χ1) is 6.41. The third kappa shape index (κ3) is 1.63. The van der Waals surface area contributed by atoms with Gasteiger partial charge in [-0.25, -0.2) is 0 Å². The van der Waals surface area contributed by atoms with E-state index in [1.54, 1.807) is 0 Å².